The predicted octanol–water partition coefficient (Wildman–Crippen LogP) is 0.146. The lowest BCUT2D eigenvalue weighted by atomic mass is 10.00. The Morgan fingerprint density at radius 2 is 2.13 bits per heavy atom. The lowest BCUT2D eigenvalue weighted by Crippen LogP contribution is -2.52. The highest BCUT2D eigenvalue weighted by Crippen LogP contribution is 2.22. The Kier molecular flexibility index (Phi) is 7.26. The van der Waals surface area contributed by atoms with E-state index in [0.717, 1.165) is 18.7 Å². The molecule has 1 saturated heterocycles. The molecule has 0 spiro atoms. The highest BCUT2D eigenvalue weighted by Gasteiger charge is 2.31. The molecule has 7 heteroatoms. The van der Waals surface area contributed by atoms with Crippen LogP contribution in [-0.4, -0.2) is 66.5 Å². The van der Waals surface area contributed by atoms with Crippen molar-refractivity contribution in [3.05, 3.63) is 34.9 Å². The van der Waals surface area contributed by atoms with Crippen LogP contribution < -0.4 is 10.6 Å². The Hall–Kier alpha value is -1.18. The average Bonchev–Trinajstić information content (AvgIpc) is 2.58. The summed E-state index contributed by atoms with van der Waals surface area (Å²) in [6, 6.07) is 6.56. The van der Waals surface area contributed by atoms with Crippen LogP contribution in [0, 0.1) is 0 Å². The average molecular weight is 342 g/mol. The highest BCUT2D eigenvalue weighted by molar-refractivity contribution is 6.30. The molecule has 1 amide bonds. The van der Waals surface area contributed by atoms with E-state index in [2.05, 4.69) is 10.6 Å². The highest BCUT2D eigenvalue weighted by atomic mass is 35.5. The molecule has 0 aromatic heterocycles. The molecule has 23 heavy (non-hydrogen) atoms. The maximum atomic E-state index is 12.6. The minimum absolute atomic E-state index is 0.0527. The molecule has 1 aromatic rings. The van der Waals surface area contributed by atoms with Gasteiger partial charge in [-0.25, -0.2) is 0 Å². The van der Waals surface area contributed by atoms with Crippen molar-refractivity contribution in [2.24, 2.45) is 0 Å². The van der Waals surface area contributed by atoms with Gasteiger partial charge in [0.2, 0.25) is 0 Å². The minimum atomic E-state index is -1.19. The van der Waals surface area contributed by atoms with E-state index in [1.807, 2.05) is 6.07 Å². The zero-order valence-electron chi connectivity index (χ0n) is 13.0. The topological polar surface area (TPSA) is 84.8 Å². The van der Waals surface area contributed by atoms with Crippen molar-refractivity contribution < 1.29 is 15.0 Å². The van der Waals surface area contributed by atoms with Crippen LogP contribution in [-0.2, 0) is 4.79 Å². The van der Waals surface area contributed by atoms with Crippen molar-refractivity contribution in [1.29, 1.82) is 0 Å². The Morgan fingerprint density at radius 3 is 2.78 bits per heavy atom. The van der Waals surface area contributed by atoms with Gasteiger partial charge in [0.1, 0.15) is 0 Å². The third kappa shape index (κ3) is 5.16. The molecule has 2 unspecified atom stereocenters. The number of aliphatic hydroxyl groups is 2. The maximum absolute atomic E-state index is 12.6. The molecule has 0 radical (unpaired) electrons. The van der Waals surface area contributed by atoms with Crippen LogP contribution in [0.4, 0.5) is 0 Å². The van der Waals surface area contributed by atoms with E-state index in [-0.39, 0.29) is 12.5 Å². The van der Waals surface area contributed by atoms with E-state index < -0.39 is 12.1 Å². The van der Waals surface area contributed by atoms with Gasteiger partial charge in [0.25, 0.3) is 5.91 Å². The number of nitrogens with one attached hydrogen (secondary N) is 2. The van der Waals surface area contributed by atoms with E-state index in [9.17, 15) is 9.90 Å². The van der Waals surface area contributed by atoms with Gasteiger partial charge in [-0.05, 0) is 30.7 Å². The van der Waals surface area contributed by atoms with Crippen molar-refractivity contribution in [1.82, 2.24) is 15.5 Å². The fourth-order valence-electron chi connectivity index (χ4n) is 2.66. The number of carbonyl (C=O) groups is 1. The number of aliphatic hydroxyl groups excluding tert-OH is 2. The molecule has 128 valence electrons. The summed E-state index contributed by atoms with van der Waals surface area (Å²) in [6.07, 6.45) is -0.642. The van der Waals surface area contributed by atoms with Gasteiger partial charge in [-0.15, -0.1) is 0 Å². The molecule has 1 fully saturated rings. The molecule has 1 aliphatic heterocycles. The second-order valence-corrected chi connectivity index (χ2v) is 6.02. The second-order valence-electron chi connectivity index (χ2n) is 5.58. The van der Waals surface area contributed by atoms with Crippen molar-refractivity contribution in [3.8, 4) is 0 Å². The first-order valence-corrected chi connectivity index (χ1v) is 8.28. The van der Waals surface area contributed by atoms with Gasteiger partial charge in [0, 0.05) is 37.8 Å². The Balaban J connectivity index is 2.12. The second kappa shape index (κ2) is 9.20. The van der Waals surface area contributed by atoms with Gasteiger partial charge in [-0.1, -0.05) is 23.7 Å². The summed E-state index contributed by atoms with van der Waals surface area (Å²) in [7, 11) is 0. The van der Waals surface area contributed by atoms with Gasteiger partial charge >= 0.3 is 0 Å². The van der Waals surface area contributed by atoms with Gasteiger partial charge in [0.05, 0.1) is 6.04 Å². The summed E-state index contributed by atoms with van der Waals surface area (Å²) in [5.74, 6) is -0.284. The van der Waals surface area contributed by atoms with Crippen LogP contribution >= 0.6 is 11.6 Å². The number of benzene rings is 1. The number of halogens is 1. The van der Waals surface area contributed by atoms with Crippen molar-refractivity contribution in [2.75, 3.05) is 39.3 Å². The first-order chi connectivity index (χ1) is 11.1. The Morgan fingerprint density at radius 1 is 1.39 bits per heavy atom. The molecule has 2 atom stereocenters. The van der Waals surface area contributed by atoms with E-state index in [0.29, 0.717) is 31.1 Å². The lowest BCUT2D eigenvalue weighted by Gasteiger charge is -2.32. The quantitative estimate of drug-likeness (QED) is 0.530. The van der Waals surface area contributed by atoms with Crippen molar-refractivity contribution >= 4 is 17.5 Å². The summed E-state index contributed by atoms with van der Waals surface area (Å²) in [5.41, 5.74) is 0.756. The Labute approximate surface area is 141 Å². The molecule has 1 aliphatic rings. The molecule has 2 rings (SSSR count). The van der Waals surface area contributed by atoms with Crippen LogP contribution in [0.5, 0.6) is 0 Å². The normalized spacial score (nSPS) is 17.8. The molecular formula is C16H24ClN3O3. The Bertz CT molecular complexity index is 509. The number of piperazine rings is 1. The SMILES string of the molecule is O=C(C(O)C(NCCCO)c1cccc(Cl)c1)N1CCNCC1. The zero-order valence-corrected chi connectivity index (χ0v) is 13.8. The van der Waals surface area contributed by atoms with E-state index in [1.165, 1.54) is 0 Å². The van der Waals surface area contributed by atoms with Crippen LogP contribution in [0.25, 0.3) is 0 Å². The number of carbonyl (C=O) groups excluding carboxylic acids is 1. The van der Waals surface area contributed by atoms with Gasteiger partial charge in [-0.2, -0.15) is 0 Å². The summed E-state index contributed by atoms with van der Waals surface area (Å²) in [6.45, 7) is 3.21. The molecule has 6 nitrogen and oxygen atoms in total. The van der Waals surface area contributed by atoms with Crippen LogP contribution in [0.3, 0.4) is 0 Å². The van der Waals surface area contributed by atoms with Crippen LogP contribution in [0.2, 0.25) is 5.02 Å². The monoisotopic (exact) mass is 341 g/mol. The first kappa shape index (κ1) is 18.2. The molecule has 0 bridgehead atoms. The fourth-order valence-corrected chi connectivity index (χ4v) is 2.86. The number of amides is 1. The maximum Gasteiger partial charge on any atom is 0.253 e. The van der Waals surface area contributed by atoms with E-state index in [4.69, 9.17) is 16.7 Å². The lowest BCUT2D eigenvalue weighted by molar-refractivity contribution is -0.142. The minimum Gasteiger partial charge on any atom is -0.396 e. The number of nitrogens with zero attached hydrogens (tertiary/aromatic N) is 1. The number of rotatable bonds is 7. The molecular weight excluding hydrogens is 318 g/mol. The zero-order chi connectivity index (χ0) is 16.7. The van der Waals surface area contributed by atoms with E-state index >= 15 is 0 Å². The largest absolute Gasteiger partial charge is 0.396 e. The van der Waals surface area contributed by atoms with Crippen molar-refractivity contribution in [3.63, 3.8) is 0 Å². The number of hydrogen-bond donors (Lipinski definition) is 4. The molecule has 1 aromatic carbocycles. The smallest absolute Gasteiger partial charge is 0.253 e. The van der Waals surface area contributed by atoms with Crippen LogP contribution in [0.1, 0.15) is 18.0 Å². The third-order valence-electron chi connectivity index (χ3n) is 3.90. The fraction of sp³-hybridized carbons (Fsp3) is 0.562. The predicted molar refractivity (Wildman–Crippen MR) is 89.4 cm³/mol. The number of hydrogen-bond acceptors (Lipinski definition) is 5. The van der Waals surface area contributed by atoms with Gasteiger partial charge in [-0.3, -0.25) is 4.79 Å². The van der Waals surface area contributed by atoms with E-state index in [1.54, 1.807) is 23.1 Å². The standard InChI is InChI=1S/C16H24ClN3O3/c17-13-4-1-3-12(11-13)14(19-5-2-10-21)15(22)16(23)20-8-6-18-7-9-20/h1,3-4,11,14-15,18-19,21-22H,2,5-10H2. The molecule has 4 N–H and O–H groups in total. The van der Waals surface area contributed by atoms with Gasteiger partial charge < -0.3 is 25.7 Å². The summed E-state index contributed by atoms with van der Waals surface area (Å²) >= 11 is 6.03. The van der Waals surface area contributed by atoms with Crippen molar-refractivity contribution in [2.45, 2.75) is 18.6 Å². The van der Waals surface area contributed by atoms with Gasteiger partial charge in [0.15, 0.2) is 6.10 Å². The third-order valence-corrected chi connectivity index (χ3v) is 4.14. The molecule has 0 saturated carbocycles. The summed E-state index contributed by atoms with van der Waals surface area (Å²) in [5, 5.41) is 26.4. The summed E-state index contributed by atoms with van der Waals surface area (Å²) in [4.78, 5) is 14.2. The molecule has 1 heterocycles. The van der Waals surface area contributed by atoms with Crippen LogP contribution in [0.15, 0.2) is 24.3 Å². The molecule has 0 aliphatic carbocycles. The summed E-state index contributed by atoms with van der Waals surface area (Å²) < 4.78 is 0. The first-order valence-electron chi connectivity index (χ1n) is 7.90.